The highest BCUT2D eigenvalue weighted by Crippen LogP contribution is 2.35. The van der Waals surface area contributed by atoms with Gasteiger partial charge in [0.2, 0.25) is 0 Å². The number of anilines is 1. The van der Waals surface area contributed by atoms with Gasteiger partial charge in [0.25, 0.3) is 0 Å². The summed E-state index contributed by atoms with van der Waals surface area (Å²) < 4.78 is 13.9. The first kappa shape index (κ1) is 13.2. The molecule has 0 aliphatic rings. The number of nitrogen functional groups attached to an aromatic ring is 1. The van der Waals surface area contributed by atoms with E-state index in [9.17, 15) is 4.39 Å². The summed E-state index contributed by atoms with van der Waals surface area (Å²) >= 11 is 3.19. The standard InChI is InChI=1S/C13H15BrFN3/c1-6(2)12-7(3)17-11-5-10(15)9(14)4-8(11)13(12)18-16/h4-6H,16H2,1-3H3,(H,17,18). The Labute approximate surface area is 114 Å². The van der Waals surface area contributed by atoms with Gasteiger partial charge < -0.3 is 5.43 Å². The predicted octanol–water partition coefficient (Wildman–Crippen LogP) is 3.85. The topological polar surface area (TPSA) is 50.9 Å². The van der Waals surface area contributed by atoms with Crippen molar-refractivity contribution in [1.82, 2.24) is 4.98 Å². The molecule has 1 aromatic heterocycles. The van der Waals surface area contributed by atoms with Crippen LogP contribution in [0.1, 0.15) is 31.0 Å². The molecule has 0 aliphatic heterocycles. The van der Waals surface area contributed by atoms with Crippen molar-refractivity contribution in [2.75, 3.05) is 5.43 Å². The van der Waals surface area contributed by atoms with E-state index in [1.54, 1.807) is 6.07 Å². The van der Waals surface area contributed by atoms with Gasteiger partial charge in [0.15, 0.2) is 0 Å². The zero-order valence-electron chi connectivity index (χ0n) is 10.5. The van der Waals surface area contributed by atoms with Gasteiger partial charge in [0.1, 0.15) is 5.82 Å². The summed E-state index contributed by atoms with van der Waals surface area (Å²) in [5.41, 5.74) is 6.07. The number of pyridine rings is 1. The number of aryl methyl sites for hydroxylation is 1. The summed E-state index contributed by atoms with van der Waals surface area (Å²) in [5, 5.41) is 0.820. The van der Waals surface area contributed by atoms with Crippen LogP contribution >= 0.6 is 15.9 Å². The first-order chi connectivity index (χ1) is 8.45. The van der Waals surface area contributed by atoms with Crippen LogP contribution in [0.25, 0.3) is 10.9 Å². The molecule has 0 saturated carbocycles. The first-order valence-corrected chi connectivity index (χ1v) is 6.50. The van der Waals surface area contributed by atoms with Crippen LogP contribution in [0.4, 0.5) is 10.1 Å². The molecule has 0 amide bonds. The van der Waals surface area contributed by atoms with E-state index in [0.717, 1.165) is 22.3 Å². The molecule has 0 aliphatic carbocycles. The fourth-order valence-corrected chi connectivity index (χ4v) is 2.60. The fraction of sp³-hybridized carbons (Fsp3) is 0.308. The molecule has 0 saturated heterocycles. The normalized spacial score (nSPS) is 11.3. The van der Waals surface area contributed by atoms with E-state index < -0.39 is 0 Å². The first-order valence-electron chi connectivity index (χ1n) is 5.71. The highest BCUT2D eigenvalue weighted by molar-refractivity contribution is 9.10. The summed E-state index contributed by atoms with van der Waals surface area (Å²) in [6.07, 6.45) is 0. The van der Waals surface area contributed by atoms with Crippen LogP contribution in [0.3, 0.4) is 0 Å². The van der Waals surface area contributed by atoms with Crippen LogP contribution in [0.15, 0.2) is 16.6 Å². The maximum atomic E-state index is 13.5. The van der Waals surface area contributed by atoms with Crippen LogP contribution in [0.2, 0.25) is 0 Å². The zero-order chi connectivity index (χ0) is 13.4. The molecule has 0 unspecified atom stereocenters. The van der Waals surface area contributed by atoms with Gasteiger partial charge in [-0.25, -0.2) is 4.39 Å². The minimum Gasteiger partial charge on any atom is -0.323 e. The van der Waals surface area contributed by atoms with Crippen molar-refractivity contribution < 1.29 is 4.39 Å². The largest absolute Gasteiger partial charge is 0.323 e. The second-order valence-corrected chi connectivity index (χ2v) is 5.42. The average molecular weight is 312 g/mol. The number of halogens is 2. The molecular weight excluding hydrogens is 297 g/mol. The third-order valence-electron chi connectivity index (χ3n) is 2.98. The Morgan fingerprint density at radius 1 is 1.39 bits per heavy atom. The Bertz CT molecular complexity index is 611. The molecule has 3 nitrogen and oxygen atoms in total. The van der Waals surface area contributed by atoms with Crippen molar-refractivity contribution in [3.8, 4) is 0 Å². The number of nitrogens with zero attached hydrogens (tertiary/aromatic N) is 1. The van der Waals surface area contributed by atoms with Gasteiger partial charge in [-0.2, -0.15) is 0 Å². The Kier molecular flexibility index (Phi) is 3.54. The molecule has 2 aromatic rings. The van der Waals surface area contributed by atoms with Gasteiger partial charge in [-0.15, -0.1) is 0 Å². The zero-order valence-corrected chi connectivity index (χ0v) is 12.1. The van der Waals surface area contributed by atoms with Gasteiger partial charge in [-0.05, 0) is 34.8 Å². The van der Waals surface area contributed by atoms with Crippen LogP contribution in [0, 0.1) is 12.7 Å². The van der Waals surface area contributed by atoms with Crippen LogP contribution in [-0.2, 0) is 0 Å². The molecule has 18 heavy (non-hydrogen) atoms. The summed E-state index contributed by atoms with van der Waals surface area (Å²) in [6, 6.07) is 3.12. The summed E-state index contributed by atoms with van der Waals surface area (Å²) in [4.78, 5) is 4.45. The van der Waals surface area contributed by atoms with Gasteiger partial charge in [0.05, 0.1) is 15.7 Å². The number of nitrogens with one attached hydrogen (secondary N) is 1. The number of fused-ring (bicyclic) bond motifs is 1. The summed E-state index contributed by atoms with van der Waals surface area (Å²) in [5.74, 6) is 5.59. The number of hydrogen-bond acceptors (Lipinski definition) is 3. The van der Waals surface area contributed by atoms with Gasteiger partial charge in [0, 0.05) is 22.7 Å². The Balaban J connectivity index is 2.89. The van der Waals surface area contributed by atoms with Crippen molar-refractivity contribution >= 4 is 32.5 Å². The maximum Gasteiger partial charge on any atom is 0.139 e. The van der Waals surface area contributed by atoms with Crippen LogP contribution in [0.5, 0.6) is 0 Å². The molecule has 0 bridgehead atoms. The molecule has 1 aromatic carbocycles. The summed E-state index contributed by atoms with van der Waals surface area (Å²) in [7, 11) is 0. The van der Waals surface area contributed by atoms with Crippen LogP contribution in [-0.4, -0.2) is 4.98 Å². The van der Waals surface area contributed by atoms with Crippen molar-refractivity contribution in [3.05, 3.63) is 33.7 Å². The lowest BCUT2D eigenvalue weighted by Gasteiger charge is -2.17. The lowest BCUT2D eigenvalue weighted by atomic mass is 9.97. The fourth-order valence-electron chi connectivity index (χ4n) is 2.26. The number of rotatable bonds is 2. The molecule has 2 rings (SSSR count). The molecular formula is C13H15BrFN3. The smallest absolute Gasteiger partial charge is 0.139 e. The average Bonchev–Trinajstić information content (AvgIpc) is 2.29. The molecule has 3 N–H and O–H groups in total. The van der Waals surface area contributed by atoms with E-state index in [2.05, 4.69) is 40.2 Å². The minimum absolute atomic E-state index is 0.289. The maximum absolute atomic E-state index is 13.5. The predicted molar refractivity (Wildman–Crippen MR) is 76.0 cm³/mol. The molecule has 0 fully saturated rings. The SMILES string of the molecule is Cc1nc2cc(F)c(Br)cc2c(NN)c1C(C)C. The number of nitrogens with two attached hydrogens (primary N) is 1. The Hall–Kier alpha value is -1.20. The van der Waals surface area contributed by atoms with Crippen molar-refractivity contribution in [2.24, 2.45) is 5.84 Å². The van der Waals surface area contributed by atoms with E-state index in [1.807, 2.05) is 6.92 Å². The van der Waals surface area contributed by atoms with Crippen molar-refractivity contribution in [1.29, 1.82) is 0 Å². The summed E-state index contributed by atoms with van der Waals surface area (Å²) in [6.45, 7) is 6.07. The quantitative estimate of drug-likeness (QED) is 0.654. The highest BCUT2D eigenvalue weighted by atomic mass is 79.9. The van der Waals surface area contributed by atoms with Crippen molar-refractivity contribution in [3.63, 3.8) is 0 Å². The van der Waals surface area contributed by atoms with E-state index in [0.29, 0.717) is 9.99 Å². The van der Waals surface area contributed by atoms with Crippen molar-refractivity contribution in [2.45, 2.75) is 26.7 Å². The lowest BCUT2D eigenvalue weighted by Crippen LogP contribution is -2.12. The lowest BCUT2D eigenvalue weighted by molar-refractivity contribution is 0.622. The van der Waals surface area contributed by atoms with E-state index in [4.69, 9.17) is 5.84 Å². The minimum atomic E-state index is -0.324. The van der Waals surface area contributed by atoms with Gasteiger partial charge >= 0.3 is 0 Å². The highest BCUT2D eigenvalue weighted by Gasteiger charge is 2.16. The Morgan fingerprint density at radius 2 is 2.06 bits per heavy atom. The number of hydrazine groups is 1. The second kappa shape index (κ2) is 4.82. The third-order valence-corrected chi connectivity index (χ3v) is 3.58. The molecule has 0 radical (unpaired) electrons. The number of hydrogen-bond donors (Lipinski definition) is 2. The molecule has 5 heteroatoms. The molecule has 0 spiro atoms. The van der Waals surface area contributed by atoms with E-state index in [-0.39, 0.29) is 11.7 Å². The van der Waals surface area contributed by atoms with Crippen LogP contribution < -0.4 is 11.3 Å². The number of benzene rings is 1. The van der Waals surface area contributed by atoms with Gasteiger partial charge in [-0.1, -0.05) is 13.8 Å². The van der Waals surface area contributed by atoms with E-state index in [1.165, 1.54) is 6.07 Å². The third kappa shape index (κ3) is 2.08. The molecule has 1 heterocycles. The number of aromatic nitrogens is 1. The molecule has 96 valence electrons. The monoisotopic (exact) mass is 311 g/mol. The van der Waals surface area contributed by atoms with E-state index >= 15 is 0 Å². The van der Waals surface area contributed by atoms with Gasteiger partial charge in [-0.3, -0.25) is 10.8 Å². The Morgan fingerprint density at radius 3 is 2.61 bits per heavy atom. The molecule has 0 atom stereocenters. The second-order valence-electron chi connectivity index (χ2n) is 4.57.